The molecular weight excluding hydrogens is 254 g/mol. The Morgan fingerprint density at radius 3 is 1.95 bits per heavy atom. The van der Waals surface area contributed by atoms with Crippen molar-refractivity contribution in [2.24, 2.45) is 5.92 Å². The molecule has 5 N–H and O–H groups in total. The van der Waals surface area contributed by atoms with Gasteiger partial charge in [0.25, 0.3) is 5.91 Å². The van der Waals surface area contributed by atoms with Gasteiger partial charge in [-0.05, 0) is 18.1 Å². The van der Waals surface area contributed by atoms with E-state index in [9.17, 15) is 19.8 Å². The number of carbonyl (C=O) groups excluding carboxylic acids is 1. The number of hydrogen-bond acceptors (Lipinski definition) is 5. The average molecular weight is 269 g/mol. The van der Waals surface area contributed by atoms with Crippen LogP contribution in [0.4, 0.5) is 0 Å². The van der Waals surface area contributed by atoms with Gasteiger partial charge in [-0.1, -0.05) is 13.8 Å². The minimum Gasteiger partial charge on any atom is -0.504 e. The summed E-state index contributed by atoms with van der Waals surface area (Å²) in [7, 11) is 0. The van der Waals surface area contributed by atoms with Gasteiger partial charge in [-0.2, -0.15) is 0 Å². The molecule has 0 fully saturated rings. The normalized spacial score (nSPS) is 12.2. The molecule has 1 rings (SSSR count). The Morgan fingerprint density at radius 2 is 1.58 bits per heavy atom. The minimum atomic E-state index is -1.18. The zero-order chi connectivity index (χ0) is 14.7. The number of carboxylic acid groups (broad SMARTS) is 1. The smallest absolute Gasteiger partial charge is 0.326 e. The van der Waals surface area contributed by atoms with Gasteiger partial charge in [0.1, 0.15) is 6.04 Å². The van der Waals surface area contributed by atoms with Crippen molar-refractivity contribution in [2.45, 2.75) is 19.9 Å². The third-order valence-corrected chi connectivity index (χ3v) is 2.55. The van der Waals surface area contributed by atoms with E-state index in [1.54, 1.807) is 13.8 Å². The van der Waals surface area contributed by atoms with Gasteiger partial charge >= 0.3 is 5.97 Å². The van der Waals surface area contributed by atoms with Gasteiger partial charge in [0.15, 0.2) is 17.2 Å². The largest absolute Gasteiger partial charge is 0.504 e. The third kappa shape index (κ3) is 3.27. The Kier molecular flexibility index (Phi) is 4.21. The summed E-state index contributed by atoms with van der Waals surface area (Å²) in [6, 6.07) is 0.776. The quantitative estimate of drug-likeness (QED) is 0.510. The lowest BCUT2D eigenvalue weighted by atomic mass is 10.0. The molecule has 0 saturated carbocycles. The fourth-order valence-corrected chi connectivity index (χ4v) is 1.47. The SMILES string of the molecule is CC(C)[C@H](NC(=O)c1cc(O)c(O)c(O)c1)C(=O)O. The Morgan fingerprint density at radius 1 is 1.11 bits per heavy atom. The number of carboxylic acids is 1. The van der Waals surface area contributed by atoms with Crippen LogP contribution in [-0.4, -0.2) is 38.3 Å². The number of aliphatic carboxylic acids is 1. The maximum Gasteiger partial charge on any atom is 0.326 e. The molecule has 0 unspecified atom stereocenters. The molecule has 0 radical (unpaired) electrons. The fourth-order valence-electron chi connectivity index (χ4n) is 1.47. The second-order valence-corrected chi connectivity index (χ2v) is 4.40. The molecule has 0 bridgehead atoms. The van der Waals surface area contributed by atoms with Crippen molar-refractivity contribution in [1.29, 1.82) is 0 Å². The van der Waals surface area contributed by atoms with Crippen molar-refractivity contribution in [1.82, 2.24) is 5.32 Å². The molecule has 0 heterocycles. The maximum absolute atomic E-state index is 11.8. The molecule has 7 heteroatoms. The molecule has 7 nitrogen and oxygen atoms in total. The highest BCUT2D eigenvalue weighted by atomic mass is 16.4. The molecule has 0 aromatic heterocycles. The number of nitrogens with one attached hydrogen (secondary N) is 1. The molecule has 0 saturated heterocycles. The highest BCUT2D eigenvalue weighted by Crippen LogP contribution is 2.35. The van der Waals surface area contributed by atoms with Gasteiger partial charge in [-0.15, -0.1) is 0 Å². The molecule has 0 spiro atoms. The first-order valence-electron chi connectivity index (χ1n) is 5.52. The van der Waals surface area contributed by atoms with Crippen LogP contribution in [0, 0.1) is 5.92 Å². The zero-order valence-corrected chi connectivity index (χ0v) is 10.4. The van der Waals surface area contributed by atoms with Gasteiger partial charge in [-0.25, -0.2) is 4.79 Å². The van der Waals surface area contributed by atoms with E-state index in [4.69, 9.17) is 10.2 Å². The number of amides is 1. The topological polar surface area (TPSA) is 127 Å². The predicted molar refractivity (Wildman–Crippen MR) is 65.2 cm³/mol. The van der Waals surface area contributed by atoms with Crippen molar-refractivity contribution in [3.63, 3.8) is 0 Å². The average Bonchev–Trinajstić information content (AvgIpc) is 2.31. The number of hydrogen-bond donors (Lipinski definition) is 5. The highest BCUT2D eigenvalue weighted by molar-refractivity contribution is 5.97. The van der Waals surface area contributed by atoms with E-state index < -0.39 is 35.2 Å². The van der Waals surface area contributed by atoms with E-state index >= 15 is 0 Å². The van der Waals surface area contributed by atoms with Crippen molar-refractivity contribution in [2.75, 3.05) is 0 Å². The zero-order valence-electron chi connectivity index (χ0n) is 10.4. The first kappa shape index (κ1) is 14.6. The molecule has 1 aromatic rings. The monoisotopic (exact) mass is 269 g/mol. The van der Waals surface area contributed by atoms with Crippen LogP contribution in [0.2, 0.25) is 0 Å². The second-order valence-electron chi connectivity index (χ2n) is 4.40. The van der Waals surface area contributed by atoms with Crippen LogP contribution >= 0.6 is 0 Å². The molecule has 104 valence electrons. The molecule has 19 heavy (non-hydrogen) atoms. The Balaban J connectivity index is 2.98. The molecule has 1 atom stereocenters. The highest BCUT2D eigenvalue weighted by Gasteiger charge is 2.24. The summed E-state index contributed by atoms with van der Waals surface area (Å²) >= 11 is 0. The summed E-state index contributed by atoms with van der Waals surface area (Å²) in [6.07, 6.45) is 0. The van der Waals surface area contributed by atoms with E-state index in [-0.39, 0.29) is 11.5 Å². The van der Waals surface area contributed by atoms with E-state index in [1.807, 2.05) is 0 Å². The summed E-state index contributed by atoms with van der Waals surface area (Å²) in [6.45, 7) is 3.26. The van der Waals surface area contributed by atoms with Crippen molar-refractivity contribution in [3.8, 4) is 17.2 Å². The van der Waals surface area contributed by atoms with Crippen LogP contribution < -0.4 is 5.32 Å². The Bertz CT molecular complexity index is 488. The van der Waals surface area contributed by atoms with Crippen LogP contribution in [0.25, 0.3) is 0 Å². The fraction of sp³-hybridized carbons (Fsp3) is 0.333. The third-order valence-electron chi connectivity index (χ3n) is 2.55. The number of benzene rings is 1. The first-order chi connectivity index (χ1) is 8.73. The molecule has 1 amide bonds. The van der Waals surface area contributed by atoms with Crippen LogP contribution in [-0.2, 0) is 4.79 Å². The summed E-state index contributed by atoms with van der Waals surface area (Å²) in [5.41, 5.74) is -0.153. The number of phenols is 3. The lowest BCUT2D eigenvalue weighted by Crippen LogP contribution is -2.44. The van der Waals surface area contributed by atoms with Gasteiger partial charge in [0.2, 0.25) is 0 Å². The lowest BCUT2D eigenvalue weighted by Gasteiger charge is -2.18. The molecule has 0 aliphatic rings. The van der Waals surface area contributed by atoms with Gasteiger partial charge in [-0.3, -0.25) is 4.79 Å². The number of rotatable bonds is 4. The van der Waals surface area contributed by atoms with Crippen LogP contribution in [0.15, 0.2) is 12.1 Å². The lowest BCUT2D eigenvalue weighted by molar-refractivity contribution is -0.140. The Hall–Kier alpha value is -2.44. The summed E-state index contributed by atoms with van der Waals surface area (Å²) in [4.78, 5) is 22.7. The van der Waals surface area contributed by atoms with E-state index in [0.29, 0.717) is 0 Å². The van der Waals surface area contributed by atoms with E-state index in [1.165, 1.54) is 0 Å². The number of aromatic hydroxyl groups is 3. The molecular formula is C12H15NO6. The summed E-state index contributed by atoms with van der Waals surface area (Å²) < 4.78 is 0. The van der Waals surface area contributed by atoms with E-state index in [2.05, 4.69) is 5.32 Å². The van der Waals surface area contributed by atoms with E-state index in [0.717, 1.165) is 12.1 Å². The predicted octanol–water partition coefficient (Wildman–Crippen LogP) is 0.642. The van der Waals surface area contributed by atoms with Crippen LogP contribution in [0.1, 0.15) is 24.2 Å². The second kappa shape index (κ2) is 5.47. The molecule has 0 aliphatic carbocycles. The Labute approximate surface area is 109 Å². The minimum absolute atomic E-state index is 0.153. The van der Waals surface area contributed by atoms with Gasteiger partial charge < -0.3 is 25.7 Å². The standard InChI is InChI=1S/C12H15NO6/c1-5(2)9(12(18)19)13-11(17)6-3-7(14)10(16)8(15)4-6/h3-5,9,14-16H,1-2H3,(H,13,17)(H,18,19)/t9-/m0/s1. The van der Waals surface area contributed by atoms with Crippen LogP contribution in [0.5, 0.6) is 17.2 Å². The van der Waals surface area contributed by atoms with Gasteiger partial charge in [0.05, 0.1) is 0 Å². The van der Waals surface area contributed by atoms with Crippen LogP contribution in [0.3, 0.4) is 0 Å². The molecule has 0 aliphatic heterocycles. The molecule has 1 aromatic carbocycles. The van der Waals surface area contributed by atoms with Gasteiger partial charge in [0, 0.05) is 5.56 Å². The van der Waals surface area contributed by atoms with Crippen molar-refractivity contribution in [3.05, 3.63) is 17.7 Å². The summed E-state index contributed by atoms with van der Waals surface area (Å²) in [5.74, 6) is -4.36. The van der Waals surface area contributed by atoms with Crippen molar-refractivity contribution >= 4 is 11.9 Å². The maximum atomic E-state index is 11.8. The number of phenolic OH excluding ortho intramolecular Hbond substituents is 3. The first-order valence-corrected chi connectivity index (χ1v) is 5.52. The van der Waals surface area contributed by atoms with Crippen molar-refractivity contribution < 1.29 is 30.0 Å². The summed E-state index contributed by atoms with van der Waals surface area (Å²) in [5, 5.41) is 38.9. The number of carbonyl (C=O) groups is 2.